The van der Waals surface area contributed by atoms with E-state index in [9.17, 15) is 24.0 Å². The van der Waals surface area contributed by atoms with Crippen LogP contribution in [-0.4, -0.2) is 83.8 Å². The molecule has 10 nitrogen and oxygen atoms in total. The van der Waals surface area contributed by atoms with Gasteiger partial charge in [0.15, 0.2) is 0 Å². The van der Waals surface area contributed by atoms with E-state index in [4.69, 9.17) is 4.74 Å². The second kappa shape index (κ2) is 8.58. The van der Waals surface area contributed by atoms with Gasteiger partial charge in [0.2, 0.25) is 11.8 Å². The number of anilines is 1. The van der Waals surface area contributed by atoms with Crippen molar-refractivity contribution in [2.45, 2.75) is 45.3 Å². The van der Waals surface area contributed by atoms with Crippen LogP contribution < -0.4 is 10.2 Å². The summed E-state index contributed by atoms with van der Waals surface area (Å²) < 4.78 is 5.39. The number of piperidine rings is 1. The molecule has 0 saturated carbocycles. The Balaban J connectivity index is 1.47. The lowest BCUT2D eigenvalue weighted by molar-refractivity contribution is -0.156. The van der Waals surface area contributed by atoms with Crippen LogP contribution in [0.4, 0.5) is 5.69 Å². The Kier molecular flexibility index (Phi) is 5.96. The highest BCUT2D eigenvalue weighted by Gasteiger charge is 2.46. The summed E-state index contributed by atoms with van der Waals surface area (Å²) in [5.41, 5.74) is 0.647. The number of ether oxygens (including phenoxy) is 1. The molecule has 0 spiro atoms. The lowest BCUT2D eigenvalue weighted by Crippen LogP contribution is -2.54. The van der Waals surface area contributed by atoms with Crippen LogP contribution in [0.3, 0.4) is 0 Å². The first-order valence-electron chi connectivity index (χ1n) is 11.1. The van der Waals surface area contributed by atoms with Crippen LogP contribution in [0.2, 0.25) is 0 Å². The van der Waals surface area contributed by atoms with Crippen molar-refractivity contribution in [1.82, 2.24) is 15.1 Å². The molecule has 1 aromatic rings. The minimum Gasteiger partial charge on any atom is -0.459 e. The molecule has 0 aromatic heterocycles. The number of benzene rings is 1. The number of nitrogens with zero attached hydrogens (tertiary/aromatic N) is 3. The van der Waals surface area contributed by atoms with Crippen molar-refractivity contribution in [2.75, 3.05) is 37.6 Å². The fourth-order valence-corrected chi connectivity index (χ4v) is 4.46. The Bertz CT molecular complexity index is 1020. The van der Waals surface area contributed by atoms with Crippen molar-refractivity contribution in [3.05, 3.63) is 29.3 Å². The van der Waals surface area contributed by atoms with Crippen LogP contribution in [0.1, 0.15) is 54.3 Å². The van der Waals surface area contributed by atoms with Gasteiger partial charge in [-0.15, -0.1) is 0 Å². The minimum atomic E-state index is -0.992. The number of hydrogen-bond acceptors (Lipinski definition) is 8. The maximum atomic E-state index is 13.3. The van der Waals surface area contributed by atoms with Crippen molar-refractivity contribution in [3.8, 4) is 0 Å². The average molecular weight is 456 g/mol. The molecule has 3 heterocycles. The summed E-state index contributed by atoms with van der Waals surface area (Å²) in [4.78, 5) is 67.2. The molecule has 4 amide bonds. The van der Waals surface area contributed by atoms with Gasteiger partial charge in [-0.3, -0.25) is 39.1 Å². The molecule has 0 aliphatic carbocycles. The molecular weight excluding hydrogens is 428 g/mol. The van der Waals surface area contributed by atoms with Crippen LogP contribution in [-0.2, 0) is 19.1 Å². The van der Waals surface area contributed by atoms with Gasteiger partial charge in [0.1, 0.15) is 11.6 Å². The molecule has 176 valence electrons. The largest absolute Gasteiger partial charge is 0.459 e. The van der Waals surface area contributed by atoms with Gasteiger partial charge in [-0.05, 0) is 39.3 Å². The summed E-state index contributed by atoms with van der Waals surface area (Å²) in [6.07, 6.45) is 0.199. The van der Waals surface area contributed by atoms with Gasteiger partial charge in [-0.25, -0.2) is 0 Å². The van der Waals surface area contributed by atoms with E-state index in [1.165, 1.54) is 0 Å². The molecule has 1 unspecified atom stereocenters. The molecule has 2 saturated heterocycles. The number of nitrogens with one attached hydrogen (secondary N) is 1. The van der Waals surface area contributed by atoms with Gasteiger partial charge < -0.3 is 9.64 Å². The van der Waals surface area contributed by atoms with E-state index in [1.54, 1.807) is 18.2 Å². The van der Waals surface area contributed by atoms with Gasteiger partial charge in [0.05, 0.1) is 23.4 Å². The molecular formula is C23H28N4O6. The van der Waals surface area contributed by atoms with Crippen LogP contribution in [0, 0.1) is 0 Å². The highest BCUT2D eigenvalue weighted by molar-refractivity contribution is 6.25. The first kappa shape index (κ1) is 22.9. The van der Waals surface area contributed by atoms with Crippen molar-refractivity contribution < 1.29 is 28.7 Å². The molecule has 1 atom stereocenters. The molecule has 1 aromatic carbocycles. The second-order valence-corrected chi connectivity index (χ2v) is 9.50. The zero-order valence-corrected chi connectivity index (χ0v) is 19.1. The number of carbonyl (C=O) groups is 5. The molecule has 3 aliphatic rings. The minimum absolute atomic E-state index is 0.0796. The first-order valence-corrected chi connectivity index (χ1v) is 11.1. The van der Waals surface area contributed by atoms with Crippen LogP contribution >= 0.6 is 0 Å². The molecule has 3 aliphatic heterocycles. The zero-order valence-electron chi connectivity index (χ0n) is 19.1. The third kappa shape index (κ3) is 4.61. The molecule has 33 heavy (non-hydrogen) atoms. The maximum Gasteiger partial charge on any atom is 0.320 e. The van der Waals surface area contributed by atoms with Gasteiger partial charge in [0.25, 0.3) is 11.8 Å². The highest BCUT2D eigenvalue weighted by atomic mass is 16.6. The van der Waals surface area contributed by atoms with Gasteiger partial charge >= 0.3 is 5.97 Å². The molecule has 0 bridgehead atoms. The van der Waals surface area contributed by atoms with E-state index in [-0.39, 0.29) is 36.5 Å². The SMILES string of the molecule is CC(C)(C)OC(=O)CN1CCN(c2cccc3c2C(=O)N(C2CCC(=O)NC2=O)C3=O)CC1. The van der Waals surface area contributed by atoms with Crippen molar-refractivity contribution >= 4 is 35.3 Å². The Morgan fingerprint density at radius 3 is 2.39 bits per heavy atom. The quantitative estimate of drug-likeness (QED) is 0.516. The Morgan fingerprint density at radius 1 is 1.06 bits per heavy atom. The third-order valence-electron chi connectivity index (χ3n) is 5.93. The van der Waals surface area contributed by atoms with Gasteiger partial charge in [0, 0.05) is 32.6 Å². The standard InChI is InChI=1S/C23H28N4O6/c1-23(2,3)33-18(29)13-25-9-11-26(12-10-25)15-6-4-5-14-19(15)22(32)27(21(14)31)16-7-8-17(28)24-20(16)30/h4-6,16H,7-13H2,1-3H3,(H,24,28,30). The van der Waals surface area contributed by atoms with E-state index >= 15 is 0 Å². The van der Waals surface area contributed by atoms with E-state index in [2.05, 4.69) is 5.32 Å². The number of imide groups is 2. The van der Waals surface area contributed by atoms with Crippen LogP contribution in [0.5, 0.6) is 0 Å². The van der Waals surface area contributed by atoms with E-state index in [0.29, 0.717) is 31.9 Å². The second-order valence-electron chi connectivity index (χ2n) is 9.50. The van der Waals surface area contributed by atoms with E-state index in [1.807, 2.05) is 30.6 Å². The highest BCUT2D eigenvalue weighted by Crippen LogP contribution is 2.34. The lowest BCUT2D eigenvalue weighted by Gasteiger charge is -2.36. The lowest BCUT2D eigenvalue weighted by atomic mass is 10.0. The van der Waals surface area contributed by atoms with Crippen LogP contribution in [0.15, 0.2) is 18.2 Å². The fourth-order valence-electron chi connectivity index (χ4n) is 4.46. The summed E-state index contributed by atoms with van der Waals surface area (Å²) in [6, 6.07) is 4.11. The number of rotatable bonds is 4. The van der Waals surface area contributed by atoms with Gasteiger partial charge in [-0.2, -0.15) is 0 Å². The summed E-state index contributed by atoms with van der Waals surface area (Å²) in [7, 11) is 0. The smallest absolute Gasteiger partial charge is 0.320 e. The normalized spacial score (nSPS) is 21.8. The average Bonchev–Trinajstić information content (AvgIpc) is 2.98. The van der Waals surface area contributed by atoms with Crippen LogP contribution in [0.25, 0.3) is 0 Å². The fraction of sp³-hybridized carbons (Fsp3) is 0.522. The molecule has 2 fully saturated rings. The number of amides is 4. The molecule has 0 radical (unpaired) electrons. The number of piperazine rings is 1. The van der Waals surface area contributed by atoms with Gasteiger partial charge in [-0.1, -0.05) is 6.07 Å². The summed E-state index contributed by atoms with van der Waals surface area (Å²) in [6.45, 7) is 8.01. The summed E-state index contributed by atoms with van der Waals surface area (Å²) in [5.74, 6) is -2.35. The number of esters is 1. The molecule has 1 N–H and O–H groups in total. The Labute approximate surface area is 191 Å². The third-order valence-corrected chi connectivity index (χ3v) is 5.93. The summed E-state index contributed by atoms with van der Waals surface area (Å²) in [5, 5.41) is 2.21. The topological polar surface area (TPSA) is 116 Å². The van der Waals surface area contributed by atoms with Crippen molar-refractivity contribution in [3.63, 3.8) is 0 Å². The van der Waals surface area contributed by atoms with Crippen molar-refractivity contribution in [2.24, 2.45) is 0 Å². The monoisotopic (exact) mass is 456 g/mol. The number of fused-ring (bicyclic) bond motifs is 1. The molecule has 10 heteroatoms. The molecule has 4 rings (SSSR count). The Morgan fingerprint density at radius 2 is 1.76 bits per heavy atom. The Hall–Kier alpha value is -3.27. The predicted octanol–water partition coefficient (Wildman–Crippen LogP) is 0.552. The predicted molar refractivity (Wildman–Crippen MR) is 118 cm³/mol. The summed E-state index contributed by atoms with van der Waals surface area (Å²) >= 11 is 0. The first-order chi connectivity index (χ1) is 15.5. The zero-order chi connectivity index (χ0) is 23.9. The maximum absolute atomic E-state index is 13.3. The van der Waals surface area contributed by atoms with E-state index < -0.39 is 35.3 Å². The van der Waals surface area contributed by atoms with Crippen molar-refractivity contribution in [1.29, 1.82) is 0 Å². The van der Waals surface area contributed by atoms with E-state index in [0.717, 1.165) is 4.90 Å². The number of carbonyl (C=O) groups excluding carboxylic acids is 5. The number of hydrogen-bond donors (Lipinski definition) is 1.